The van der Waals surface area contributed by atoms with Crippen LogP contribution >= 0.6 is 24.0 Å². The van der Waals surface area contributed by atoms with Crippen LogP contribution in [0.15, 0.2) is 27.7 Å². The van der Waals surface area contributed by atoms with Crippen LogP contribution in [0.25, 0.3) is 0 Å². The Bertz CT molecular complexity index is 768. The molecule has 0 spiro atoms. The number of halogens is 1. The van der Waals surface area contributed by atoms with Crippen LogP contribution in [-0.2, 0) is 13.0 Å². The van der Waals surface area contributed by atoms with Crippen molar-refractivity contribution >= 4 is 29.9 Å². The van der Waals surface area contributed by atoms with Crippen molar-refractivity contribution in [3.8, 4) is 17.2 Å². The van der Waals surface area contributed by atoms with E-state index < -0.39 is 0 Å². The Morgan fingerprint density at radius 2 is 1.72 bits per heavy atom. The fourth-order valence-corrected chi connectivity index (χ4v) is 2.71. The third-order valence-corrected chi connectivity index (χ3v) is 4.31. The highest BCUT2D eigenvalue weighted by Gasteiger charge is 2.13. The van der Waals surface area contributed by atoms with Gasteiger partial charge in [-0.15, -0.1) is 24.0 Å². The van der Waals surface area contributed by atoms with Crippen molar-refractivity contribution in [3.05, 3.63) is 35.2 Å². The van der Waals surface area contributed by atoms with Gasteiger partial charge in [0.25, 0.3) is 0 Å². The number of aromatic nitrogens is 1. The van der Waals surface area contributed by atoms with Gasteiger partial charge in [0.05, 0.1) is 33.6 Å². The summed E-state index contributed by atoms with van der Waals surface area (Å²) < 4.78 is 21.6. The maximum absolute atomic E-state index is 5.49. The van der Waals surface area contributed by atoms with Gasteiger partial charge < -0.3 is 29.4 Å². The first-order chi connectivity index (χ1) is 13.5. The zero-order valence-corrected chi connectivity index (χ0v) is 20.2. The van der Waals surface area contributed by atoms with Crippen LogP contribution in [-0.4, -0.2) is 46.0 Å². The van der Waals surface area contributed by atoms with Crippen LogP contribution in [0, 0.1) is 0 Å². The second-order valence-electron chi connectivity index (χ2n) is 6.49. The molecule has 0 unspecified atom stereocenters. The van der Waals surface area contributed by atoms with Crippen molar-refractivity contribution in [1.29, 1.82) is 0 Å². The van der Waals surface area contributed by atoms with E-state index >= 15 is 0 Å². The van der Waals surface area contributed by atoms with Gasteiger partial charge in [0.1, 0.15) is 17.2 Å². The second kappa shape index (κ2) is 12.4. The topological polar surface area (TPSA) is 90.1 Å². The molecule has 0 aliphatic carbocycles. The van der Waals surface area contributed by atoms with E-state index in [0.717, 1.165) is 28.5 Å². The van der Waals surface area contributed by atoms with Crippen LogP contribution in [0.3, 0.4) is 0 Å². The molecule has 1 aromatic heterocycles. The molecule has 0 fully saturated rings. The van der Waals surface area contributed by atoms with E-state index in [-0.39, 0.29) is 24.0 Å². The van der Waals surface area contributed by atoms with E-state index in [2.05, 4.69) is 34.6 Å². The van der Waals surface area contributed by atoms with Crippen LogP contribution in [0.4, 0.5) is 0 Å². The van der Waals surface area contributed by atoms with Gasteiger partial charge in [-0.05, 0) is 12.3 Å². The minimum Gasteiger partial charge on any atom is -0.496 e. The molecule has 1 heterocycles. The van der Waals surface area contributed by atoms with Gasteiger partial charge in [0.2, 0.25) is 0 Å². The quantitative estimate of drug-likeness (QED) is 0.299. The molecule has 0 radical (unpaired) electrons. The average Bonchev–Trinajstić information content (AvgIpc) is 3.19. The van der Waals surface area contributed by atoms with Crippen molar-refractivity contribution in [1.82, 2.24) is 15.8 Å². The van der Waals surface area contributed by atoms with Crippen molar-refractivity contribution in [2.24, 2.45) is 4.99 Å². The van der Waals surface area contributed by atoms with E-state index in [1.807, 2.05) is 18.2 Å². The number of nitrogens with one attached hydrogen (secondary N) is 2. The lowest BCUT2D eigenvalue weighted by Crippen LogP contribution is -2.37. The number of hydrogen-bond donors (Lipinski definition) is 2. The molecule has 2 aromatic rings. The highest BCUT2D eigenvalue weighted by Crippen LogP contribution is 2.34. The molecule has 162 valence electrons. The first kappa shape index (κ1) is 24.9. The molecule has 1 aromatic carbocycles. The summed E-state index contributed by atoms with van der Waals surface area (Å²) in [6.07, 6.45) is 0.691. The number of rotatable bonds is 9. The number of nitrogens with zero attached hydrogens (tertiary/aromatic N) is 2. The second-order valence-corrected chi connectivity index (χ2v) is 6.49. The zero-order chi connectivity index (χ0) is 20.5. The molecule has 0 atom stereocenters. The third-order valence-electron chi connectivity index (χ3n) is 4.31. The summed E-state index contributed by atoms with van der Waals surface area (Å²) in [6, 6.07) is 5.65. The van der Waals surface area contributed by atoms with Gasteiger partial charge in [-0.25, -0.2) is 0 Å². The van der Waals surface area contributed by atoms with E-state index in [9.17, 15) is 0 Å². The van der Waals surface area contributed by atoms with E-state index in [1.165, 1.54) is 0 Å². The normalized spacial score (nSPS) is 11.1. The Hall–Kier alpha value is -2.17. The molecule has 0 saturated heterocycles. The Balaban J connectivity index is 0.00000420. The molecule has 0 aliphatic heterocycles. The molecule has 0 aliphatic rings. The fraction of sp³-hybridized carbons (Fsp3) is 0.500. The standard InChI is InChI=1S/C20H30N4O4.HI/c1-13(2)17-9-15(28-24-17)12-23-20(21-3)22-8-7-16-18(26-5)10-14(25-4)11-19(16)27-6;/h9-11,13H,7-8,12H2,1-6H3,(H2,21,22,23);1H. The molecule has 2 rings (SSSR count). The van der Waals surface area contributed by atoms with Gasteiger partial charge in [0, 0.05) is 37.4 Å². The lowest BCUT2D eigenvalue weighted by Gasteiger charge is -2.16. The Labute approximate surface area is 189 Å². The molecule has 9 heteroatoms. The molecular weight excluding hydrogens is 487 g/mol. The molecule has 29 heavy (non-hydrogen) atoms. The van der Waals surface area contributed by atoms with Crippen molar-refractivity contribution in [3.63, 3.8) is 0 Å². The number of aliphatic imine (C=N–C) groups is 1. The van der Waals surface area contributed by atoms with Crippen molar-refractivity contribution in [2.75, 3.05) is 34.9 Å². The predicted octanol–water partition coefficient (Wildman–Crippen LogP) is 3.35. The van der Waals surface area contributed by atoms with Gasteiger partial charge in [-0.3, -0.25) is 4.99 Å². The Morgan fingerprint density at radius 3 is 2.21 bits per heavy atom. The van der Waals surface area contributed by atoms with Gasteiger partial charge in [-0.1, -0.05) is 19.0 Å². The summed E-state index contributed by atoms with van der Waals surface area (Å²) in [5.74, 6) is 3.92. The zero-order valence-electron chi connectivity index (χ0n) is 17.9. The average molecular weight is 518 g/mol. The highest BCUT2D eigenvalue weighted by atomic mass is 127. The summed E-state index contributed by atoms with van der Waals surface area (Å²) in [6.45, 7) is 5.31. The van der Waals surface area contributed by atoms with Gasteiger partial charge in [-0.2, -0.15) is 0 Å². The molecule has 0 amide bonds. The van der Waals surface area contributed by atoms with Crippen LogP contribution in [0.5, 0.6) is 17.2 Å². The number of methoxy groups -OCH3 is 3. The van der Waals surface area contributed by atoms with Crippen LogP contribution in [0.2, 0.25) is 0 Å². The van der Waals surface area contributed by atoms with E-state index in [4.69, 9.17) is 18.7 Å². The summed E-state index contributed by atoms with van der Waals surface area (Å²) in [7, 11) is 6.61. The highest BCUT2D eigenvalue weighted by molar-refractivity contribution is 14.0. The third kappa shape index (κ3) is 6.98. The Kier molecular flexibility index (Phi) is 10.6. The lowest BCUT2D eigenvalue weighted by atomic mass is 10.1. The summed E-state index contributed by atoms with van der Waals surface area (Å²) in [5.41, 5.74) is 1.91. The molecule has 2 N–H and O–H groups in total. The van der Waals surface area contributed by atoms with Crippen molar-refractivity contribution < 1.29 is 18.7 Å². The maximum Gasteiger partial charge on any atom is 0.191 e. The summed E-state index contributed by atoms with van der Waals surface area (Å²) >= 11 is 0. The smallest absolute Gasteiger partial charge is 0.191 e. The SMILES string of the molecule is CN=C(NCCc1c(OC)cc(OC)cc1OC)NCc1cc(C(C)C)no1.I. The van der Waals surface area contributed by atoms with Crippen LogP contribution < -0.4 is 24.8 Å². The fourth-order valence-electron chi connectivity index (χ4n) is 2.71. The molecule has 0 saturated carbocycles. The minimum absolute atomic E-state index is 0. The minimum atomic E-state index is 0. The maximum atomic E-state index is 5.49. The molecule has 0 bridgehead atoms. The van der Waals surface area contributed by atoms with E-state index in [1.54, 1.807) is 28.4 Å². The first-order valence-electron chi connectivity index (χ1n) is 9.21. The van der Waals surface area contributed by atoms with Crippen molar-refractivity contribution in [2.45, 2.75) is 32.7 Å². The predicted molar refractivity (Wildman–Crippen MR) is 124 cm³/mol. The number of guanidine groups is 1. The first-order valence-corrected chi connectivity index (χ1v) is 9.21. The van der Waals surface area contributed by atoms with Crippen LogP contribution in [0.1, 0.15) is 36.8 Å². The Morgan fingerprint density at radius 1 is 1.07 bits per heavy atom. The number of ether oxygens (including phenoxy) is 3. The number of hydrogen-bond acceptors (Lipinski definition) is 6. The van der Waals surface area contributed by atoms with Gasteiger partial charge in [0.15, 0.2) is 11.7 Å². The monoisotopic (exact) mass is 518 g/mol. The van der Waals surface area contributed by atoms with E-state index in [0.29, 0.717) is 37.1 Å². The summed E-state index contributed by atoms with van der Waals surface area (Å²) in [4.78, 5) is 4.24. The molecular formula is C20H31IN4O4. The number of benzene rings is 1. The summed E-state index contributed by atoms with van der Waals surface area (Å²) in [5, 5.41) is 10.6. The largest absolute Gasteiger partial charge is 0.496 e. The van der Waals surface area contributed by atoms with Gasteiger partial charge >= 0.3 is 0 Å². The molecule has 8 nitrogen and oxygen atoms in total. The lowest BCUT2D eigenvalue weighted by molar-refractivity contribution is 0.368.